The number of amides is 2. The Morgan fingerprint density at radius 1 is 1.17 bits per heavy atom. The van der Waals surface area contributed by atoms with E-state index in [-0.39, 0.29) is 31.6 Å². The molecule has 5 rings (SSSR count). The summed E-state index contributed by atoms with van der Waals surface area (Å²) in [6.45, 7) is 11.4. The minimum absolute atomic E-state index is 0.179. The van der Waals surface area contributed by atoms with E-state index in [0.29, 0.717) is 19.3 Å². The van der Waals surface area contributed by atoms with Gasteiger partial charge in [0.15, 0.2) is 0 Å². The lowest BCUT2D eigenvalue weighted by Crippen LogP contribution is -2.59. The molecular weight excluding hydrogens is 520 g/mol. The summed E-state index contributed by atoms with van der Waals surface area (Å²) in [5, 5.41) is 10.7. The standard InChI is InChI=1S/C33H40N2O6/c1-6-18-34(27-21(3)12-11-13-22(27)4)30(38)28-33-17-16-32(5,41-33)26(31(39)40-7-2)25(33)29(37)35(28)24(20-36)19-23-14-9-8-10-15-23/h6,8-15,24-26,28,36H,1,7,16-20H2,2-5H3/t24-,25+,26+,28?,32-,33?/m1/s1. The van der Waals surface area contributed by atoms with E-state index < -0.39 is 41.1 Å². The van der Waals surface area contributed by atoms with E-state index in [0.717, 1.165) is 22.4 Å². The molecule has 0 aliphatic carbocycles. The summed E-state index contributed by atoms with van der Waals surface area (Å²) in [4.78, 5) is 46.0. The summed E-state index contributed by atoms with van der Waals surface area (Å²) in [6, 6.07) is 13.7. The molecule has 2 amide bonds. The van der Waals surface area contributed by atoms with Crippen LogP contribution < -0.4 is 4.90 Å². The Bertz CT molecular complexity index is 1320. The molecule has 8 heteroatoms. The Labute approximate surface area is 241 Å². The molecule has 0 saturated carbocycles. The Balaban J connectivity index is 1.66. The molecule has 1 spiro atoms. The third-order valence-corrected chi connectivity index (χ3v) is 9.19. The number of ether oxygens (including phenoxy) is 2. The van der Waals surface area contributed by atoms with Crippen molar-refractivity contribution < 1.29 is 29.0 Å². The van der Waals surface area contributed by atoms with Crippen molar-refractivity contribution in [1.29, 1.82) is 0 Å². The molecular formula is C33H40N2O6. The number of esters is 1. The van der Waals surface area contributed by atoms with Gasteiger partial charge in [0, 0.05) is 12.2 Å². The van der Waals surface area contributed by atoms with Crippen molar-refractivity contribution >= 4 is 23.5 Å². The second-order valence-corrected chi connectivity index (χ2v) is 11.7. The number of benzene rings is 2. The lowest BCUT2D eigenvalue weighted by atomic mass is 9.66. The van der Waals surface area contributed by atoms with Crippen molar-refractivity contribution in [3.8, 4) is 0 Å². The number of anilines is 1. The summed E-state index contributed by atoms with van der Waals surface area (Å²) in [7, 11) is 0. The van der Waals surface area contributed by atoms with Gasteiger partial charge < -0.3 is 24.4 Å². The quantitative estimate of drug-likeness (QED) is 0.351. The lowest BCUT2D eigenvalue weighted by molar-refractivity contribution is -0.160. The average Bonchev–Trinajstić information content (AvgIpc) is 3.52. The predicted octanol–water partition coefficient (Wildman–Crippen LogP) is 3.75. The first-order chi connectivity index (χ1) is 19.6. The molecule has 0 aromatic heterocycles. The smallest absolute Gasteiger partial charge is 0.312 e. The summed E-state index contributed by atoms with van der Waals surface area (Å²) >= 11 is 0. The third kappa shape index (κ3) is 4.57. The molecule has 3 fully saturated rings. The van der Waals surface area contributed by atoms with Crippen LogP contribution in [0.5, 0.6) is 0 Å². The van der Waals surface area contributed by atoms with E-state index in [1.54, 1.807) is 17.9 Å². The van der Waals surface area contributed by atoms with Gasteiger partial charge in [-0.15, -0.1) is 6.58 Å². The molecule has 2 aromatic carbocycles. The number of aliphatic hydroxyl groups excluding tert-OH is 1. The fourth-order valence-electron chi connectivity index (χ4n) is 7.56. The number of rotatable bonds is 10. The van der Waals surface area contributed by atoms with Gasteiger partial charge in [-0.3, -0.25) is 14.4 Å². The number of hydrogen-bond acceptors (Lipinski definition) is 6. The minimum Gasteiger partial charge on any atom is -0.466 e. The van der Waals surface area contributed by atoms with Gasteiger partial charge in [0.25, 0.3) is 5.91 Å². The number of hydrogen-bond donors (Lipinski definition) is 1. The number of carbonyl (C=O) groups excluding carboxylic acids is 3. The largest absolute Gasteiger partial charge is 0.466 e. The van der Waals surface area contributed by atoms with E-state index in [9.17, 15) is 19.5 Å². The molecule has 3 saturated heterocycles. The molecule has 3 aliphatic heterocycles. The third-order valence-electron chi connectivity index (χ3n) is 9.19. The number of likely N-dealkylation sites (tertiary alicyclic amines) is 1. The lowest BCUT2D eigenvalue weighted by Gasteiger charge is -2.40. The second-order valence-electron chi connectivity index (χ2n) is 11.7. The van der Waals surface area contributed by atoms with Crippen LogP contribution in [0.4, 0.5) is 5.69 Å². The number of aliphatic hydroxyl groups is 1. The predicted molar refractivity (Wildman–Crippen MR) is 155 cm³/mol. The van der Waals surface area contributed by atoms with Gasteiger partial charge in [0.05, 0.1) is 30.8 Å². The van der Waals surface area contributed by atoms with Gasteiger partial charge in [-0.05, 0) is 63.6 Å². The molecule has 1 N–H and O–H groups in total. The first-order valence-electron chi connectivity index (χ1n) is 14.5. The monoisotopic (exact) mass is 560 g/mol. The molecule has 0 radical (unpaired) electrons. The van der Waals surface area contributed by atoms with Crippen molar-refractivity contribution in [1.82, 2.24) is 4.90 Å². The van der Waals surface area contributed by atoms with Crippen molar-refractivity contribution in [2.45, 2.75) is 70.2 Å². The SMILES string of the molecule is C=CCN(C(=O)C1N([C@@H](CO)Cc2ccccc2)C(=O)[C@@H]2[C@@H](C(=O)OCC)[C@@]3(C)CCC12O3)c1c(C)cccc1C. The molecule has 6 atom stereocenters. The molecule has 3 aliphatic rings. The molecule has 8 nitrogen and oxygen atoms in total. The summed E-state index contributed by atoms with van der Waals surface area (Å²) in [5.74, 6) is -2.86. The molecule has 3 heterocycles. The maximum absolute atomic E-state index is 14.9. The van der Waals surface area contributed by atoms with Crippen molar-refractivity contribution in [3.05, 3.63) is 77.9 Å². The maximum Gasteiger partial charge on any atom is 0.312 e. The Morgan fingerprint density at radius 2 is 1.85 bits per heavy atom. The Morgan fingerprint density at radius 3 is 2.46 bits per heavy atom. The van der Waals surface area contributed by atoms with Crippen LogP contribution in [0, 0.1) is 25.7 Å². The fraction of sp³-hybridized carbons (Fsp3) is 0.485. The number of nitrogens with zero attached hydrogens (tertiary/aromatic N) is 2. The zero-order valence-corrected chi connectivity index (χ0v) is 24.3. The molecule has 2 aromatic rings. The van der Waals surface area contributed by atoms with Crippen LogP contribution in [-0.2, 0) is 30.3 Å². The van der Waals surface area contributed by atoms with Crippen molar-refractivity contribution in [2.24, 2.45) is 11.8 Å². The summed E-state index contributed by atoms with van der Waals surface area (Å²) in [5.41, 5.74) is 1.38. The summed E-state index contributed by atoms with van der Waals surface area (Å²) < 4.78 is 12.2. The van der Waals surface area contributed by atoms with Gasteiger partial charge in [-0.1, -0.05) is 54.6 Å². The van der Waals surface area contributed by atoms with E-state index in [1.165, 1.54) is 4.90 Å². The van der Waals surface area contributed by atoms with Gasteiger partial charge in [0.2, 0.25) is 5.91 Å². The van der Waals surface area contributed by atoms with E-state index >= 15 is 0 Å². The highest BCUT2D eigenvalue weighted by Gasteiger charge is 2.79. The van der Waals surface area contributed by atoms with Crippen molar-refractivity contribution in [3.63, 3.8) is 0 Å². The van der Waals surface area contributed by atoms with Crippen LogP contribution in [0.15, 0.2) is 61.2 Å². The van der Waals surface area contributed by atoms with E-state index in [4.69, 9.17) is 9.47 Å². The summed E-state index contributed by atoms with van der Waals surface area (Å²) in [6.07, 6.45) is 2.98. The zero-order valence-electron chi connectivity index (χ0n) is 24.3. The highest BCUT2D eigenvalue weighted by molar-refractivity contribution is 6.05. The topological polar surface area (TPSA) is 96.4 Å². The van der Waals surface area contributed by atoms with Gasteiger partial charge in [0.1, 0.15) is 17.6 Å². The Kier molecular flexibility index (Phi) is 7.83. The Hall–Kier alpha value is -3.49. The van der Waals surface area contributed by atoms with Crippen LogP contribution >= 0.6 is 0 Å². The maximum atomic E-state index is 14.9. The first kappa shape index (κ1) is 29.0. The zero-order chi connectivity index (χ0) is 29.5. The van der Waals surface area contributed by atoms with E-state index in [2.05, 4.69) is 6.58 Å². The van der Waals surface area contributed by atoms with Gasteiger partial charge in [-0.25, -0.2) is 0 Å². The van der Waals surface area contributed by atoms with Crippen molar-refractivity contribution in [2.75, 3.05) is 24.7 Å². The fourth-order valence-corrected chi connectivity index (χ4v) is 7.56. The van der Waals surface area contributed by atoms with Crippen LogP contribution in [0.1, 0.15) is 43.4 Å². The van der Waals surface area contributed by atoms with Crippen LogP contribution in [-0.4, -0.2) is 70.8 Å². The number of fused-ring (bicyclic) bond motifs is 1. The number of carbonyl (C=O) groups is 3. The molecule has 2 bridgehead atoms. The minimum atomic E-state index is -1.22. The van der Waals surface area contributed by atoms with E-state index in [1.807, 2.05) is 69.3 Å². The van der Waals surface area contributed by atoms with Crippen LogP contribution in [0.25, 0.3) is 0 Å². The second kappa shape index (κ2) is 11.1. The normalized spacial score (nSPS) is 28.9. The van der Waals surface area contributed by atoms with Crippen LogP contribution in [0.3, 0.4) is 0 Å². The number of aryl methyl sites for hydroxylation is 2. The average molecular weight is 561 g/mol. The molecule has 2 unspecified atom stereocenters. The number of para-hydroxylation sites is 1. The highest BCUT2D eigenvalue weighted by Crippen LogP contribution is 2.64. The highest BCUT2D eigenvalue weighted by atomic mass is 16.6. The molecule has 41 heavy (non-hydrogen) atoms. The van der Waals surface area contributed by atoms with Gasteiger partial charge >= 0.3 is 5.97 Å². The van der Waals surface area contributed by atoms with Gasteiger partial charge in [-0.2, -0.15) is 0 Å². The first-order valence-corrected chi connectivity index (χ1v) is 14.5. The van der Waals surface area contributed by atoms with Crippen LogP contribution in [0.2, 0.25) is 0 Å². The molecule has 218 valence electrons.